The molecule has 0 fully saturated rings. The van der Waals surface area contributed by atoms with E-state index in [0.29, 0.717) is 0 Å². The Kier molecular flexibility index (Phi) is 7.14. The number of carbonyl (C=O) groups excluding carboxylic acids is 1. The van der Waals surface area contributed by atoms with Gasteiger partial charge in [-0.2, -0.15) is 8.78 Å². The fourth-order valence-electron chi connectivity index (χ4n) is 3.19. The monoisotopic (exact) mass is 410 g/mol. The van der Waals surface area contributed by atoms with Crippen molar-refractivity contribution in [3.05, 3.63) is 95.1 Å². The third-order valence-corrected chi connectivity index (χ3v) is 4.92. The van der Waals surface area contributed by atoms with Crippen LogP contribution in [0, 0.1) is 13.8 Å². The van der Waals surface area contributed by atoms with Gasteiger partial charge in [-0.3, -0.25) is 10.1 Å². The third-order valence-electron chi connectivity index (χ3n) is 4.92. The first-order valence-electron chi connectivity index (χ1n) is 9.63. The molecule has 156 valence electrons. The number of nitrogens with one attached hydrogen (secondary N) is 2. The van der Waals surface area contributed by atoms with Crippen molar-refractivity contribution in [3.8, 4) is 5.75 Å². The Labute approximate surface area is 174 Å². The maximum atomic E-state index is 12.5. The van der Waals surface area contributed by atoms with E-state index in [1.54, 1.807) is 12.1 Å². The van der Waals surface area contributed by atoms with Gasteiger partial charge in [0.05, 0.1) is 12.6 Å². The standard InChI is InChI=1S/C24H24F2N2O2/c1-16-7-6-10-21(17(16)2)28-22(29)15-27-23(18-8-4-3-5-9-18)19-11-13-20(14-12-19)30-24(25)26/h3-14,23-24,27H,15H2,1-2H3,(H,28,29)/t23-/m1/s1. The summed E-state index contributed by atoms with van der Waals surface area (Å²) in [4.78, 5) is 12.5. The smallest absolute Gasteiger partial charge is 0.387 e. The molecule has 1 amide bonds. The Balaban J connectivity index is 1.73. The van der Waals surface area contributed by atoms with Gasteiger partial charge in [0, 0.05) is 5.69 Å². The van der Waals surface area contributed by atoms with Gasteiger partial charge in [0.15, 0.2) is 0 Å². The Bertz CT molecular complexity index is 976. The molecule has 4 nitrogen and oxygen atoms in total. The second kappa shape index (κ2) is 9.98. The molecule has 6 heteroatoms. The number of hydrogen-bond acceptors (Lipinski definition) is 3. The Morgan fingerprint density at radius 1 is 0.900 bits per heavy atom. The lowest BCUT2D eigenvalue weighted by molar-refractivity contribution is -0.115. The molecule has 30 heavy (non-hydrogen) atoms. The molecule has 2 N–H and O–H groups in total. The zero-order valence-electron chi connectivity index (χ0n) is 16.9. The molecular weight excluding hydrogens is 386 g/mol. The molecule has 0 saturated carbocycles. The molecular formula is C24H24F2N2O2. The minimum Gasteiger partial charge on any atom is -0.435 e. The van der Waals surface area contributed by atoms with E-state index in [-0.39, 0.29) is 24.2 Å². The summed E-state index contributed by atoms with van der Waals surface area (Å²) in [5, 5.41) is 6.20. The summed E-state index contributed by atoms with van der Waals surface area (Å²) in [5.74, 6) is -0.0736. The molecule has 0 radical (unpaired) electrons. The van der Waals surface area contributed by atoms with Crippen molar-refractivity contribution in [1.82, 2.24) is 5.32 Å². The number of halogens is 2. The first-order valence-corrected chi connectivity index (χ1v) is 9.63. The topological polar surface area (TPSA) is 50.4 Å². The zero-order chi connectivity index (χ0) is 21.5. The zero-order valence-corrected chi connectivity index (χ0v) is 16.9. The van der Waals surface area contributed by atoms with Gasteiger partial charge in [0.1, 0.15) is 5.75 Å². The van der Waals surface area contributed by atoms with Gasteiger partial charge in [-0.25, -0.2) is 0 Å². The van der Waals surface area contributed by atoms with Crippen LogP contribution in [-0.2, 0) is 4.79 Å². The molecule has 3 aromatic carbocycles. The van der Waals surface area contributed by atoms with Crippen LogP contribution in [0.2, 0.25) is 0 Å². The maximum absolute atomic E-state index is 12.5. The molecule has 3 aromatic rings. The minimum atomic E-state index is -2.87. The fourth-order valence-corrected chi connectivity index (χ4v) is 3.19. The molecule has 0 saturated heterocycles. The van der Waals surface area contributed by atoms with Crippen LogP contribution >= 0.6 is 0 Å². The highest BCUT2D eigenvalue weighted by Gasteiger charge is 2.16. The number of benzene rings is 3. The number of alkyl halides is 2. The Morgan fingerprint density at radius 2 is 1.57 bits per heavy atom. The molecule has 0 heterocycles. The number of carbonyl (C=O) groups is 1. The maximum Gasteiger partial charge on any atom is 0.387 e. The van der Waals surface area contributed by atoms with Crippen LogP contribution in [0.25, 0.3) is 0 Å². The van der Waals surface area contributed by atoms with Crippen LogP contribution in [0.1, 0.15) is 28.3 Å². The van der Waals surface area contributed by atoms with E-state index >= 15 is 0 Å². The average molecular weight is 410 g/mol. The van der Waals surface area contributed by atoms with Crippen molar-refractivity contribution in [1.29, 1.82) is 0 Å². The lowest BCUT2D eigenvalue weighted by atomic mass is 9.98. The van der Waals surface area contributed by atoms with E-state index in [9.17, 15) is 13.6 Å². The number of ether oxygens (including phenoxy) is 1. The molecule has 0 bridgehead atoms. The Morgan fingerprint density at radius 3 is 2.23 bits per heavy atom. The molecule has 3 rings (SSSR count). The Hall–Kier alpha value is -3.25. The summed E-state index contributed by atoms with van der Waals surface area (Å²) in [6.07, 6.45) is 0. The van der Waals surface area contributed by atoms with E-state index < -0.39 is 6.61 Å². The number of rotatable bonds is 8. The van der Waals surface area contributed by atoms with Gasteiger partial charge in [-0.15, -0.1) is 0 Å². The van der Waals surface area contributed by atoms with Gasteiger partial charge in [0.25, 0.3) is 0 Å². The lowest BCUT2D eigenvalue weighted by Gasteiger charge is -2.20. The second-order valence-corrected chi connectivity index (χ2v) is 6.97. The van der Waals surface area contributed by atoms with Crippen molar-refractivity contribution in [3.63, 3.8) is 0 Å². The predicted molar refractivity (Wildman–Crippen MR) is 114 cm³/mol. The minimum absolute atomic E-state index is 0.0855. The third kappa shape index (κ3) is 5.64. The van der Waals surface area contributed by atoms with E-state index in [4.69, 9.17) is 0 Å². The van der Waals surface area contributed by atoms with E-state index in [2.05, 4.69) is 15.4 Å². The summed E-state index contributed by atoms with van der Waals surface area (Å²) in [6.45, 7) is 1.18. The first-order chi connectivity index (χ1) is 14.4. The number of anilines is 1. The van der Waals surface area contributed by atoms with Crippen molar-refractivity contribution >= 4 is 11.6 Å². The normalized spacial score (nSPS) is 11.9. The summed E-state index contributed by atoms with van der Waals surface area (Å²) < 4.78 is 29.2. The first kappa shape index (κ1) is 21.5. The summed E-state index contributed by atoms with van der Waals surface area (Å²) in [7, 11) is 0. The predicted octanol–water partition coefficient (Wildman–Crippen LogP) is 5.22. The summed E-state index contributed by atoms with van der Waals surface area (Å²) in [5.41, 5.74) is 4.71. The van der Waals surface area contributed by atoms with Gasteiger partial charge >= 0.3 is 6.61 Å². The molecule has 0 aliphatic carbocycles. The summed E-state index contributed by atoms with van der Waals surface area (Å²) in [6, 6.07) is 21.5. The van der Waals surface area contributed by atoms with Crippen LogP contribution in [0.15, 0.2) is 72.8 Å². The van der Waals surface area contributed by atoms with Crippen LogP contribution in [0.5, 0.6) is 5.75 Å². The quantitative estimate of drug-likeness (QED) is 0.535. The second-order valence-electron chi connectivity index (χ2n) is 6.97. The molecule has 0 aromatic heterocycles. The highest BCUT2D eigenvalue weighted by molar-refractivity contribution is 5.93. The van der Waals surface area contributed by atoms with Crippen molar-refractivity contribution < 1.29 is 18.3 Å². The molecule has 0 aliphatic heterocycles. The van der Waals surface area contributed by atoms with Crippen molar-refractivity contribution in [2.24, 2.45) is 0 Å². The van der Waals surface area contributed by atoms with Crippen LogP contribution < -0.4 is 15.4 Å². The van der Waals surface area contributed by atoms with Crippen LogP contribution in [0.4, 0.5) is 14.5 Å². The fraction of sp³-hybridized carbons (Fsp3) is 0.208. The van der Waals surface area contributed by atoms with Crippen molar-refractivity contribution in [2.75, 3.05) is 11.9 Å². The van der Waals surface area contributed by atoms with E-state index in [1.165, 1.54) is 12.1 Å². The number of hydrogen-bond donors (Lipinski definition) is 2. The molecule has 0 aliphatic rings. The van der Waals surface area contributed by atoms with Crippen molar-refractivity contribution in [2.45, 2.75) is 26.5 Å². The van der Waals surface area contributed by atoms with Gasteiger partial charge in [0.2, 0.25) is 5.91 Å². The lowest BCUT2D eigenvalue weighted by Crippen LogP contribution is -2.32. The number of amides is 1. The van der Waals surface area contributed by atoms with Gasteiger partial charge in [-0.1, -0.05) is 54.6 Å². The highest BCUT2D eigenvalue weighted by Crippen LogP contribution is 2.25. The SMILES string of the molecule is Cc1cccc(NC(=O)CN[C@H](c2ccccc2)c2ccc(OC(F)F)cc2)c1C. The molecule has 1 atom stereocenters. The average Bonchev–Trinajstić information content (AvgIpc) is 2.73. The van der Waals surface area contributed by atoms with Crippen LogP contribution in [0.3, 0.4) is 0 Å². The van der Waals surface area contributed by atoms with E-state index in [0.717, 1.165) is 27.9 Å². The largest absolute Gasteiger partial charge is 0.435 e. The van der Waals surface area contributed by atoms with Crippen LogP contribution in [-0.4, -0.2) is 19.1 Å². The highest BCUT2D eigenvalue weighted by atomic mass is 19.3. The van der Waals surface area contributed by atoms with E-state index in [1.807, 2.05) is 62.4 Å². The van der Waals surface area contributed by atoms with Gasteiger partial charge in [-0.05, 0) is 54.3 Å². The molecule has 0 unspecified atom stereocenters. The summed E-state index contributed by atoms with van der Waals surface area (Å²) >= 11 is 0. The van der Waals surface area contributed by atoms with Gasteiger partial charge < -0.3 is 10.1 Å². The number of aryl methyl sites for hydroxylation is 1. The molecule has 0 spiro atoms.